The van der Waals surface area contributed by atoms with E-state index in [1.165, 1.54) is 0 Å². The predicted octanol–water partition coefficient (Wildman–Crippen LogP) is 1.76. The van der Waals surface area contributed by atoms with Gasteiger partial charge in [0.05, 0.1) is 6.61 Å². The maximum absolute atomic E-state index is 11.8. The van der Waals surface area contributed by atoms with Gasteiger partial charge in [0.25, 0.3) is 0 Å². The van der Waals surface area contributed by atoms with Gasteiger partial charge in [-0.1, -0.05) is 60.7 Å². The summed E-state index contributed by atoms with van der Waals surface area (Å²) in [5.74, 6) is -5.22. The van der Waals surface area contributed by atoms with E-state index in [4.69, 9.17) is 9.47 Å². The van der Waals surface area contributed by atoms with Crippen LogP contribution in [0.25, 0.3) is 0 Å². The standard InChI is InChI=1S/C18H18O6/c19-16(13-23-12-15-9-5-2-6-10-15)24-18(22,17(20)21)11-14-7-3-1-4-8-14/h1-10,22H,11-13H2,(H,20,21). The van der Waals surface area contributed by atoms with Crippen LogP contribution in [0.5, 0.6) is 0 Å². The second-order valence-corrected chi connectivity index (χ2v) is 5.20. The highest BCUT2D eigenvalue weighted by atomic mass is 16.7. The monoisotopic (exact) mass is 330 g/mol. The number of rotatable bonds is 8. The molecule has 0 saturated carbocycles. The number of carbonyl (C=O) groups excluding carboxylic acids is 1. The van der Waals surface area contributed by atoms with Gasteiger partial charge in [-0.25, -0.2) is 9.59 Å². The van der Waals surface area contributed by atoms with Crippen LogP contribution in [0.1, 0.15) is 11.1 Å². The van der Waals surface area contributed by atoms with Crippen LogP contribution >= 0.6 is 0 Å². The van der Waals surface area contributed by atoms with Gasteiger partial charge in [-0.05, 0) is 11.1 Å². The normalized spacial score (nSPS) is 13.0. The summed E-state index contributed by atoms with van der Waals surface area (Å²) in [6.07, 6.45) is -0.354. The summed E-state index contributed by atoms with van der Waals surface area (Å²) in [7, 11) is 0. The Morgan fingerprint density at radius 1 is 0.917 bits per heavy atom. The van der Waals surface area contributed by atoms with Crippen molar-refractivity contribution in [1.82, 2.24) is 0 Å². The average Bonchev–Trinajstić information content (AvgIpc) is 2.56. The molecule has 0 aromatic heterocycles. The van der Waals surface area contributed by atoms with E-state index in [1.807, 2.05) is 30.3 Å². The first kappa shape index (κ1) is 17.7. The van der Waals surface area contributed by atoms with Crippen LogP contribution in [-0.2, 0) is 32.1 Å². The highest BCUT2D eigenvalue weighted by Crippen LogP contribution is 2.16. The van der Waals surface area contributed by atoms with Crippen molar-refractivity contribution in [3.8, 4) is 0 Å². The molecule has 126 valence electrons. The van der Waals surface area contributed by atoms with Gasteiger partial charge in [0.1, 0.15) is 6.61 Å². The minimum atomic E-state index is -2.63. The highest BCUT2D eigenvalue weighted by molar-refractivity contribution is 5.81. The summed E-state index contributed by atoms with van der Waals surface area (Å²) < 4.78 is 9.91. The Morgan fingerprint density at radius 3 is 2.00 bits per heavy atom. The van der Waals surface area contributed by atoms with Crippen molar-refractivity contribution in [2.45, 2.75) is 18.8 Å². The predicted molar refractivity (Wildman–Crippen MR) is 84.9 cm³/mol. The third-order valence-electron chi connectivity index (χ3n) is 3.23. The molecular formula is C18H18O6. The molecule has 6 nitrogen and oxygen atoms in total. The number of hydrogen-bond donors (Lipinski definition) is 2. The lowest BCUT2D eigenvalue weighted by Gasteiger charge is -2.23. The molecule has 1 atom stereocenters. The zero-order chi connectivity index (χ0) is 17.4. The highest BCUT2D eigenvalue weighted by Gasteiger charge is 2.40. The number of carbonyl (C=O) groups is 2. The Balaban J connectivity index is 1.89. The Kier molecular flexibility index (Phi) is 6.06. The molecule has 2 rings (SSSR count). The maximum Gasteiger partial charge on any atom is 0.377 e. The fourth-order valence-electron chi connectivity index (χ4n) is 2.07. The van der Waals surface area contributed by atoms with E-state index in [2.05, 4.69) is 0 Å². The van der Waals surface area contributed by atoms with Crippen LogP contribution in [0.3, 0.4) is 0 Å². The van der Waals surface area contributed by atoms with Crippen LogP contribution in [0.15, 0.2) is 60.7 Å². The summed E-state index contributed by atoms with van der Waals surface area (Å²) >= 11 is 0. The Hall–Kier alpha value is -2.70. The quantitative estimate of drug-likeness (QED) is 0.566. The lowest BCUT2D eigenvalue weighted by atomic mass is 10.1. The smallest absolute Gasteiger partial charge is 0.377 e. The molecule has 24 heavy (non-hydrogen) atoms. The van der Waals surface area contributed by atoms with E-state index < -0.39 is 24.3 Å². The van der Waals surface area contributed by atoms with E-state index in [0.717, 1.165) is 5.56 Å². The first-order valence-corrected chi connectivity index (χ1v) is 7.33. The van der Waals surface area contributed by atoms with E-state index in [1.54, 1.807) is 30.3 Å². The number of aliphatic carboxylic acids is 1. The molecule has 0 bridgehead atoms. The van der Waals surface area contributed by atoms with Crippen LogP contribution in [0.4, 0.5) is 0 Å². The third-order valence-corrected chi connectivity index (χ3v) is 3.23. The minimum absolute atomic E-state index is 0.181. The number of carboxylic acid groups (broad SMARTS) is 1. The summed E-state index contributed by atoms with van der Waals surface area (Å²) in [6, 6.07) is 17.6. The zero-order valence-corrected chi connectivity index (χ0v) is 12.9. The molecule has 0 heterocycles. The topological polar surface area (TPSA) is 93.1 Å². The van der Waals surface area contributed by atoms with Gasteiger partial charge in [-0.15, -0.1) is 0 Å². The van der Waals surface area contributed by atoms with Crippen molar-refractivity contribution in [3.05, 3.63) is 71.8 Å². The van der Waals surface area contributed by atoms with Gasteiger partial charge in [0.2, 0.25) is 0 Å². The van der Waals surface area contributed by atoms with Crippen LogP contribution in [0.2, 0.25) is 0 Å². The van der Waals surface area contributed by atoms with Crippen molar-refractivity contribution in [3.63, 3.8) is 0 Å². The molecule has 0 radical (unpaired) electrons. The summed E-state index contributed by atoms with van der Waals surface area (Å²) in [6.45, 7) is -0.278. The maximum atomic E-state index is 11.8. The summed E-state index contributed by atoms with van der Waals surface area (Å²) in [4.78, 5) is 23.1. The molecule has 0 aliphatic heterocycles. The minimum Gasteiger partial charge on any atom is -0.476 e. The summed E-state index contributed by atoms with van der Waals surface area (Å²) in [5.41, 5.74) is 1.39. The van der Waals surface area contributed by atoms with Crippen LogP contribution in [-0.4, -0.2) is 34.5 Å². The van der Waals surface area contributed by atoms with Gasteiger partial charge in [0.15, 0.2) is 0 Å². The third kappa shape index (κ3) is 5.19. The fourth-order valence-corrected chi connectivity index (χ4v) is 2.07. The van der Waals surface area contributed by atoms with Crippen molar-refractivity contribution in [2.75, 3.05) is 6.61 Å². The number of ether oxygens (including phenoxy) is 2. The van der Waals surface area contributed by atoms with Crippen molar-refractivity contribution >= 4 is 11.9 Å². The van der Waals surface area contributed by atoms with Crippen molar-refractivity contribution in [2.24, 2.45) is 0 Å². The second-order valence-electron chi connectivity index (χ2n) is 5.20. The molecule has 0 spiro atoms. The van der Waals surface area contributed by atoms with Gasteiger partial charge in [0, 0.05) is 6.42 Å². The fraction of sp³-hybridized carbons (Fsp3) is 0.222. The number of esters is 1. The largest absolute Gasteiger partial charge is 0.476 e. The molecule has 0 aliphatic carbocycles. The molecule has 6 heteroatoms. The molecule has 0 amide bonds. The molecule has 0 fully saturated rings. The van der Waals surface area contributed by atoms with Crippen molar-refractivity contribution < 1.29 is 29.3 Å². The SMILES string of the molecule is O=C(COCc1ccccc1)OC(O)(Cc1ccccc1)C(=O)O. The number of hydrogen-bond acceptors (Lipinski definition) is 5. The Labute approximate surface area is 139 Å². The Morgan fingerprint density at radius 2 is 1.46 bits per heavy atom. The van der Waals surface area contributed by atoms with E-state index in [0.29, 0.717) is 5.56 Å². The van der Waals surface area contributed by atoms with Crippen LogP contribution < -0.4 is 0 Å². The van der Waals surface area contributed by atoms with Gasteiger partial charge >= 0.3 is 17.7 Å². The Bertz CT molecular complexity index is 670. The first-order valence-electron chi connectivity index (χ1n) is 7.33. The zero-order valence-electron chi connectivity index (χ0n) is 12.9. The molecular weight excluding hydrogens is 312 g/mol. The van der Waals surface area contributed by atoms with E-state index in [-0.39, 0.29) is 13.0 Å². The number of aliphatic hydroxyl groups is 1. The van der Waals surface area contributed by atoms with Gasteiger partial charge < -0.3 is 19.7 Å². The van der Waals surface area contributed by atoms with E-state index in [9.17, 15) is 19.8 Å². The lowest BCUT2D eigenvalue weighted by Crippen LogP contribution is -2.46. The molecule has 2 aromatic carbocycles. The lowest BCUT2D eigenvalue weighted by molar-refractivity contribution is -0.225. The second kappa shape index (κ2) is 8.24. The molecule has 2 N–H and O–H groups in total. The van der Waals surface area contributed by atoms with E-state index >= 15 is 0 Å². The molecule has 1 unspecified atom stereocenters. The summed E-state index contributed by atoms with van der Waals surface area (Å²) in [5, 5.41) is 19.3. The molecule has 0 aliphatic rings. The molecule has 2 aromatic rings. The first-order chi connectivity index (χ1) is 11.5. The number of carboxylic acids is 1. The average molecular weight is 330 g/mol. The van der Waals surface area contributed by atoms with Crippen molar-refractivity contribution in [1.29, 1.82) is 0 Å². The van der Waals surface area contributed by atoms with Crippen LogP contribution in [0, 0.1) is 0 Å². The molecule has 0 saturated heterocycles. The number of benzene rings is 2. The van der Waals surface area contributed by atoms with Gasteiger partial charge in [-0.2, -0.15) is 0 Å². The van der Waals surface area contributed by atoms with Gasteiger partial charge in [-0.3, -0.25) is 0 Å².